The van der Waals surface area contributed by atoms with Gasteiger partial charge in [0.15, 0.2) is 11.7 Å². The third kappa shape index (κ3) is 3.47. The minimum atomic E-state index is -0.877. The first kappa shape index (κ1) is 16.6. The molecule has 1 fully saturated rings. The van der Waals surface area contributed by atoms with Crippen molar-refractivity contribution < 1.29 is 14.6 Å². The molecule has 1 N–H and O–H groups in total. The highest BCUT2D eigenvalue weighted by atomic mass is 16.5. The predicted molar refractivity (Wildman–Crippen MR) is 91.3 cm³/mol. The lowest BCUT2D eigenvalue weighted by molar-refractivity contribution is -0.0728. The van der Waals surface area contributed by atoms with Crippen molar-refractivity contribution in [2.45, 2.75) is 31.9 Å². The van der Waals surface area contributed by atoms with Gasteiger partial charge in [0.1, 0.15) is 0 Å². The number of rotatable bonds is 4. The van der Waals surface area contributed by atoms with Crippen molar-refractivity contribution in [1.29, 1.82) is 0 Å². The first-order valence-electron chi connectivity index (χ1n) is 8.07. The summed E-state index contributed by atoms with van der Waals surface area (Å²) in [6, 6.07) is 7.60. The molecule has 24 heavy (non-hydrogen) atoms. The second-order valence-electron chi connectivity index (χ2n) is 6.45. The fourth-order valence-electron chi connectivity index (χ4n) is 3.02. The van der Waals surface area contributed by atoms with E-state index < -0.39 is 5.60 Å². The monoisotopic (exact) mass is 327 g/mol. The van der Waals surface area contributed by atoms with Crippen LogP contribution in [-0.2, 0) is 11.3 Å². The number of aryl methyl sites for hydroxylation is 1. The summed E-state index contributed by atoms with van der Waals surface area (Å²) in [5.74, 6) is 0. The number of ether oxygens (including phenoxy) is 1. The zero-order valence-electron chi connectivity index (χ0n) is 13.7. The van der Waals surface area contributed by atoms with E-state index in [0.717, 1.165) is 11.1 Å². The van der Waals surface area contributed by atoms with Gasteiger partial charge in [-0.1, -0.05) is 29.8 Å². The summed E-state index contributed by atoms with van der Waals surface area (Å²) in [5.41, 5.74) is 1.27. The minimum absolute atomic E-state index is 0.101. The number of carbonyl (C=O) groups excluding carboxylic acids is 1. The molecule has 1 aromatic heterocycles. The van der Waals surface area contributed by atoms with Gasteiger partial charge in [0.05, 0.1) is 17.7 Å². The first-order chi connectivity index (χ1) is 11.5. The number of nitrogens with zero attached hydrogens (tertiary/aromatic N) is 1. The Balaban J connectivity index is 2.01. The van der Waals surface area contributed by atoms with E-state index in [1.165, 1.54) is 6.20 Å². The molecule has 1 aliphatic heterocycles. The van der Waals surface area contributed by atoms with E-state index in [9.17, 15) is 14.7 Å². The Morgan fingerprint density at radius 2 is 1.88 bits per heavy atom. The molecule has 126 valence electrons. The van der Waals surface area contributed by atoms with E-state index >= 15 is 0 Å². The van der Waals surface area contributed by atoms with Crippen LogP contribution in [0.3, 0.4) is 0 Å². The highest BCUT2D eigenvalue weighted by molar-refractivity contribution is 5.78. The number of hydrogen-bond donors (Lipinski definition) is 1. The molecule has 1 aromatic carbocycles. The first-order valence-corrected chi connectivity index (χ1v) is 8.07. The molecular weight excluding hydrogens is 306 g/mol. The van der Waals surface area contributed by atoms with E-state index in [1.54, 1.807) is 10.8 Å². The average Bonchev–Trinajstić information content (AvgIpc) is 2.57. The lowest BCUT2D eigenvalue weighted by Gasteiger charge is -2.32. The number of aldehydes is 1. The third-order valence-corrected chi connectivity index (χ3v) is 4.50. The topological polar surface area (TPSA) is 68.5 Å². The Kier molecular flexibility index (Phi) is 4.64. The fourth-order valence-corrected chi connectivity index (χ4v) is 3.02. The maximum atomic E-state index is 12.5. The smallest absolute Gasteiger partial charge is 0.199 e. The van der Waals surface area contributed by atoms with Crippen LogP contribution < -0.4 is 5.43 Å². The molecule has 0 amide bonds. The van der Waals surface area contributed by atoms with Crippen LogP contribution in [0.4, 0.5) is 0 Å². The van der Waals surface area contributed by atoms with Gasteiger partial charge in [-0.05, 0) is 12.5 Å². The number of carbonyl (C=O) groups is 1. The molecule has 0 aliphatic carbocycles. The Bertz CT molecular complexity index is 786. The van der Waals surface area contributed by atoms with E-state index in [2.05, 4.69) is 0 Å². The Morgan fingerprint density at radius 1 is 1.21 bits per heavy atom. The van der Waals surface area contributed by atoms with Crippen molar-refractivity contribution in [3.8, 4) is 11.1 Å². The van der Waals surface area contributed by atoms with E-state index in [4.69, 9.17) is 4.74 Å². The molecule has 0 radical (unpaired) electrons. The molecule has 2 aromatic rings. The second kappa shape index (κ2) is 6.71. The summed E-state index contributed by atoms with van der Waals surface area (Å²) < 4.78 is 7.04. The van der Waals surface area contributed by atoms with Gasteiger partial charge in [-0.25, -0.2) is 0 Å². The number of hydrogen-bond acceptors (Lipinski definition) is 4. The van der Waals surface area contributed by atoms with Crippen LogP contribution in [0.15, 0.2) is 41.5 Å². The van der Waals surface area contributed by atoms with Crippen LogP contribution in [0, 0.1) is 6.92 Å². The highest BCUT2D eigenvalue weighted by Crippen LogP contribution is 2.24. The zero-order chi connectivity index (χ0) is 17.2. The van der Waals surface area contributed by atoms with Crippen LogP contribution in [-0.4, -0.2) is 34.8 Å². The SMILES string of the molecule is Cc1ccc(-c2cn(CC3(O)CCOCC3)cc(C=O)c2=O)cc1. The number of benzene rings is 1. The van der Waals surface area contributed by atoms with Crippen molar-refractivity contribution in [1.82, 2.24) is 4.57 Å². The van der Waals surface area contributed by atoms with Crippen LogP contribution in [0.1, 0.15) is 28.8 Å². The lowest BCUT2D eigenvalue weighted by Crippen LogP contribution is -2.40. The van der Waals surface area contributed by atoms with Gasteiger partial charge in [-0.2, -0.15) is 0 Å². The summed E-state index contributed by atoms with van der Waals surface area (Å²) in [6.45, 7) is 3.34. The Morgan fingerprint density at radius 3 is 2.50 bits per heavy atom. The van der Waals surface area contributed by atoms with E-state index in [1.807, 2.05) is 31.2 Å². The van der Waals surface area contributed by atoms with Gasteiger partial charge in [0.2, 0.25) is 0 Å². The van der Waals surface area contributed by atoms with Gasteiger partial charge in [-0.15, -0.1) is 0 Å². The van der Waals surface area contributed by atoms with Gasteiger partial charge < -0.3 is 14.4 Å². The van der Waals surface area contributed by atoms with Crippen molar-refractivity contribution in [2.75, 3.05) is 13.2 Å². The van der Waals surface area contributed by atoms with Crippen molar-refractivity contribution in [2.24, 2.45) is 0 Å². The molecule has 3 rings (SSSR count). The largest absolute Gasteiger partial charge is 0.388 e. The van der Waals surface area contributed by atoms with Gasteiger partial charge in [0.25, 0.3) is 0 Å². The van der Waals surface area contributed by atoms with Crippen molar-refractivity contribution in [3.05, 3.63) is 58.0 Å². The summed E-state index contributed by atoms with van der Waals surface area (Å²) >= 11 is 0. The Hall–Kier alpha value is -2.24. The number of pyridine rings is 1. The Labute approximate surface area is 140 Å². The van der Waals surface area contributed by atoms with Crippen molar-refractivity contribution >= 4 is 6.29 Å². The van der Waals surface area contributed by atoms with Gasteiger partial charge >= 0.3 is 0 Å². The predicted octanol–water partition coefficient (Wildman–Crippen LogP) is 2.18. The molecule has 5 nitrogen and oxygen atoms in total. The molecule has 5 heteroatoms. The molecule has 1 saturated heterocycles. The van der Waals surface area contributed by atoms with Crippen molar-refractivity contribution in [3.63, 3.8) is 0 Å². The zero-order valence-corrected chi connectivity index (χ0v) is 13.7. The van der Waals surface area contributed by atoms with Crippen LogP contribution >= 0.6 is 0 Å². The minimum Gasteiger partial charge on any atom is -0.388 e. The molecule has 0 bridgehead atoms. The lowest BCUT2D eigenvalue weighted by atomic mass is 9.94. The quantitative estimate of drug-likeness (QED) is 0.874. The van der Waals surface area contributed by atoms with Crippen LogP contribution in [0.2, 0.25) is 0 Å². The summed E-state index contributed by atoms with van der Waals surface area (Å²) in [4.78, 5) is 23.8. The highest BCUT2D eigenvalue weighted by Gasteiger charge is 2.30. The molecule has 0 atom stereocenters. The summed E-state index contributed by atoms with van der Waals surface area (Å²) in [5, 5.41) is 10.7. The molecule has 0 unspecified atom stereocenters. The number of aliphatic hydroxyl groups is 1. The second-order valence-corrected chi connectivity index (χ2v) is 6.45. The summed E-state index contributed by atoms with van der Waals surface area (Å²) in [6.07, 6.45) is 4.88. The van der Waals surface area contributed by atoms with Crippen LogP contribution in [0.5, 0.6) is 0 Å². The fraction of sp³-hybridized carbons (Fsp3) is 0.368. The molecule has 2 heterocycles. The third-order valence-electron chi connectivity index (χ3n) is 4.50. The molecule has 0 saturated carbocycles. The van der Waals surface area contributed by atoms with Gasteiger partial charge in [0, 0.05) is 44.0 Å². The van der Waals surface area contributed by atoms with E-state index in [-0.39, 0.29) is 11.0 Å². The number of aromatic nitrogens is 1. The standard InChI is InChI=1S/C19H21NO4/c1-14-2-4-15(5-3-14)17-11-20(10-16(12-21)18(17)22)13-19(23)6-8-24-9-7-19/h2-5,10-12,23H,6-9,13H2,1H3. The summed E-state index contributed by atoms with van der Waals surface area (Å²) in [7, 11) is 0. The molecular formula is C19H21NO4. The van der Waals surface area contributed by atoms with Crippen LogP contribution in [0.25, 0.3) is 11.1 Å². The normalized spacial score (nSPS) is 16.8. The molecule has 1 aliphatic rings. The van der Waals surface area contributed by atoms with E-state index in [0.29, 0.717) is 44.4 Å². The average molecular weight is 327 g/mol. The maximum Gasteiger partial charge on any atom is 0.199 e. The molecule has 0 spiro atoms. The van der Waals surface area contributed by atoms with Gasteiger partial charge in [-0.3, -0.25) is 9.59 Å². The maximum absolute atomic E-state index is 12.5.